The van der Waals surface area contributed by atoms with E-state index >= 15 is 0 Å². The van der Waals surface area contributed by atoms with Gasteiger partial charge >= 0.3 is 5.97 Å². The summed E-state index contributed by atoms with van der Waals surface area (Å²) in [7, 11) is 0. The monoisotopic (exact) mass is 385 g/mol. The normalized spacial score (nSPS) is 14.9. The molecule has 2 heterocycles. The van der Waals surface area contributed by atoms with Crippen molar-refractivity contribution in [3.05, 3.63) is 30.6 Å². The average Bonchev–Trinajstić information content (AvgIpc) is 3.11. The highest BCUT2D eigenvalue weighted by atomic mass is 16.5. The Labute approximate surface area is 164 Å². The van der Waals surface area contributed by atoms with Crippen molar-refractivity contribution >= 4 is 28.7 Å². The lowest BCUT2D eigenvalue weighted by Crippen LogP contribution is -2.53. The molecule has 2 aromatic rings. The molecule has 0 aliphatic carbocycles. The number of aromatic nitrogens is 2. The number of hydrogen-bond donors (Lipinski definition) is 1. The van der Waals surface area contributed by atoms with Crippen LogP contribution in [0.3, 0.4) is 0 Å². The van der Waals surface area contributed by atoms with Gasteiger partial charge in [0.2, 0.25) is 5.91 Å². The SMILES string of the molecule is CCOC(=O)CCC(=O)N(C1CCN(C(C)=N)CC1)n1cnc2ccccc21. The fourth-order valence-electron chi connectivity index (χ4n) is 3.62. The number of rotatable bonds is 6. The summed E-state index contributed by atoms with van der Waals surface area (Å²) in [6.45, 7) is 5.31. The predicted octanol–water partition coefficient (Wildman–Crippen LogP) is 2.31. The fraction of sp³-hybridized carbons (Fsp3) is 0.500. The van der Waals surface area contributed by atoms with Crippen LogP contribution >= 0.6 is 0 Å². The van der Waals surface area contributed by atoms with Crippen LogP contribution in [0.1, 0.15) is 39.5 Å². The summed E-state index contributed by atoms with van der Waals surface area (Å²) in [5, 5.41) is 9.57. The first-order valence-electron chi connectivity index (χ1n) is 9.71. The van der Waals surface area contributed by atoms with Gasteiger partial charge in [-0.2, -0.15) is 0 Å². The number of nitrogens with one attached hydrogen (secondary N) is 1. The molecule has 0 bridgehead atoms. The van der Waals surface area contributed by atoms with Crippen molar-refractivity contribution in [3.8, 4) is 0 Å². The number of esters is 1. The number of benzene rings is 1. The number of ether oxygens (including phenoxy) is 1. The first-order chi connectivity index (χ1) is 13.5. The van der Waals surface area contributed by atoms with E-state index in [4.69, 9.17) is 10.1 Å². The van der Waals surface area contributed by atoms with Crippen LogP contribution in [-0.2, 0) is 14.3 Å². The lowest BCUT2D eigenvalue weighted by Gasteiger charge is -2.39. The maximum atomic E-state index is 13.1. The highest BCUT2D eigenvalue weighted by Gasteiger charge is 2.30. The second-order valence-corrected chi connectivity index (χ2v) is 6.92. The predicted molar refractivity (Wildman–Crippen MR) is 107 cm³/mol. The smallest absolute Gasteiger partial charge is 0.306 e. The minimum absolute atomic E-state index is 0.0112. The fourth-order valence-corrected chi connectivity index (χ4v) is 3.62. The number of hydrogen-bond acceptors (Lipinski definition) is 5. The Morgan fingerprint density at radius 1 is 1.25 bits per heavy atom. The summed E-state index contributed by atoms with van der Waals surface area (Å²) in [6.07, 6.45) is 3.34. The number of likely N-dealkylation sites (tertiary alicyclic amines) is 1. The van der Waals surface area contributed by atoms with Gasteiger partial charge in [-0.15, -0.1) is 0 Å². The number of amides is 1. The Bertz CT molecular complexity index is 854. The average molecular weight is 385 g/mol. The van der Waals surface area contributed by atoms with Crippen molar-refractivity contribution < 1.29 is 14.3 Å². The molecule has 8 heteroatoms. The molecular formula is C20H27N5O3. The lowest BCUT2D eigenvalue weighted by atomic mass is 10.0. The topological polar surface area (TPSA) is 91.5 Å². The summed E-state index contributed by atoms with van der Waals surface area (Å²) in [4.78, 5) is 31.3. The molecular weight excluding hydrogens is 358 g/mol. The molecule has 0 unspecified atom stereocenters. The van der Waals surface area contributed by atoms with E-state index in [1.165, 1.54) is 0 Å². The first-order valence-corrected chi connectivity index (χ1v) is 9.71. The molecule has 1 aromatic heterocycles. The third-order valence-electron chi connectivity index (χ3n) is 5.06. The lowest BCUT2D eigenvalue weighted by molar-refractivity contribution is -0.144. The van der Waals surface area contributed by atoms with Crippen LogP contribution in [0.5, 0.6) is 0 Å². The van der Waals surface area contributed by atoms with Crippen LogP contribution < -0.4 is 5.01 Å². The van der Waals surface area contributed by atoms with Crippen LogP contribution in [0.25, 0.3) is 11.0 Å². The van der Waals surface area contributed by atoms with E-state index in [9.17, 15) is 9.59 Å². The number of imidazole rings is 1. The van der Waals surface area contributed by atoms with Gasteiger partial charge in [0.05, 0.1) is 35.9 Å². The van der Waals surface area contributed by atoms with Crippen LogP contribution in [-0.4, -0.2) is 58.0 Å². The zero-order valence-electron chi connectivity index (χ0n) is 16.4. The minimum Gasteiger partial charge on any atom is -0.466 e. The molecule has 28 heavy (non-hydrogen) atoms. The van der Waals surface area contributed by atoms with Crippen LogP contribution in [0.15, 0.2) is 30.6 Å². The van der Waals surface area contributed by atoms with Crippen molar-refractivity contribution in [1.82, 2.24) is 14.6 Å². The van der Waals surface area contributed by atoms with Crippen molar-refractivity contribution in [2.75, 3.05) is 24.7 Å². The molecule has 0 saturated carbocycles. The number of nitrogens with zero attached hydrogens (tertiary/aromatic N) is 4. The summed E-state index contributed by atoms with van der Waals surface area (Å²) >= 11 is 0. The third-order valence-corrected chi connectivity index (χ3v) is 5.06. The van der Waals surface area contributed by atoms with Crippen LogP contribution in [0.2, 0.25) is 0 Å². The maximum Gasteiger partial charge on any atom is 0.306 e. The van der Waals surface area contributed by atoms with E-state index in [0.717, 1.165) is 37.0 Å². The number of fused-ring (bicyclic) bond motifs is 1. The number of para-hydroxylation sites is 2. The Kier molecular flexibility index (Phi) is 6.28. The summed E-state index contributed by atoms with van der Waals surface area (Å²) in [5.41, 5.74) is 1.68. The maximum absolute atomic E-state index is 13.1. The van der Waals surface area contributed by atoms with Gasteiger partial charge in [0, 0.05) is 19.5 Å². The molecule has 1 amide bonds. The number of carbonyl (C=O) groups excluding carboxylic acids is 2. The van der Waals surface area contributed by atoms with Gasteiger partial charge in [-0.05, 0) is 38.8 Å². The quantitative estimate of drug-likeness (QED) is 0.468. The highest BCUT2D eigenvalue weighted by Crippen LogP contribution is 2.21. The van der Waals surface area contributed by atoms with Gasteiger partial charge in [-0.1, -0.05) is 12.1 Å². The van der Waals surface area contributed by atoms with E-state index < -0.39 is 0 Å². The van der Waals surface area contributed by atoms with Crippen molar-refractivity contribution in [1.29, 1.82) is 5.41 Å². The second-order valence-electron chi connectivity index (χ2n) is 6.92. The summed E-state index contributed by atoms with van der Waals surface area (Å²) < 4.78 is 6.77. The summed E-state index contributed by atoms with van der Waals surface area (Å²) in [5.74, 6) is 0.0634. The molecule has 1 aliphatic rings. The van der Waals surface area contributed by atoms with Crippen LogP contribution in [0.4, 0.5) is 0 Å². The van der Waals surface area contributed by atoms with E-state index in [0.29, 0.717) is 12.4 Å². The van der Waals surface area contributed by atoms with Crippen LogP contribution in [0, 0.1) is 5.41 Å². The molecule has 0 spiro atoms. The second kappa shape index (κ2) is 8.86. The van der Waals surface area contributed by atoms with Gasteiger partial charge in [-0.3, -0.25) is 15.0 Å². The summed E-state index contributed by atoms with van der Waals surface area (Å²) in [6, 6.07) is 7.67. The molecule has 0 radical (unpaired) electrons. The highest BCUT2D eigenvalue weighted by molar-refractivity contribution is 5.91. The molecule has 1 N–H and O–H groups in total. The van der Waals surface area contributed by atoms with Gasteiger partial charge in [0.25, 0.3) is 0 Å². The Morgan fingerprint density at radius 2 is 1.96 bits per heavy atom. The molecule has 150 valence electrons. The van der Waals surface area contributed by atoms with Gasteiger partial charge in [0.15, 0.2) is 0 Å². The number of piperidine rings is 1. The van der Waals surface area contributed by atoms with Gasteiger partial charge < -0.3 is 9.64 Å². The Morgan fingerprint density at radius 3 is 2.64 bits per heavy atom. The third kappa shape index (κ3) is 4.32. The molecule has 1 fully saturated rings. The standard InChI is InChI=1S/C20H27N5O3/c1-3-28-20(27)9-8-19(26)25(16-10-12-23(13-11-16)15(2)21)24-14-22-17-6-4-5-7-18(17)24/h4-7,14,16,21H,3,8-13H2,1-2H3. The first kappa shape index (κ1) is 19.9. The zero-order chi connectivity index (χ0) is 20.1. The molecule has 1 saturated heterocycles. The largest absolute Gasteiger partial charge is 0.466 e. The minimum atomic E-state index is -0.361. The zero-order valence-corrected chi connectivity index (χ0v) is 16.4. The van der Waals surface area contributed by atoms with Gasteiger partial charge in [-0.25, -0.2) is 14.7 Å². The molecule has 1 aromatic carbocycles. The van der Waals surface area contributed by atoms with Crippen molar-refractivity contribution in [2.45, 2.75) is 45.6 Å². The van der Waals surface area contributed by atoms with E-state index in [-0.39, 0.29) is 30.8 Å². The van der Waals surface area contributed by atoms with Gasteiger partial charge in [0.1, 0.15) is 6.33 Å². The number of amidine groups is 1. The van der Waals surface area contributed by atoms with Crippen molar-refractivity contribution in [3.63, 3.8) is 0 Å². The Hall–Kier alpha value is -2.90. The Balaban J connectivity index is 1.83. The molecule has 0 atom stereocenters. The van der Waals surface area contributed by atoms with Crippen molar-refractivity contribution in [2.24, 2.45) is 0 Å². The van der Waals surface area contributed by atoms with E-state index in [1.807, 2.05) is 29.2 Å². The molecule has 1 aliphatic heterocycles. The molecule has 8 nitrogen and oxygen atoms in total. The molecule has 3 rings (SSSR count). The number of carbonyl (C=O) groups is 2. The van der Waals surface area contributed by atoms with E-state index in [1.54, 1.807) is 29.9 Å². The van der Waals surface area contributed by atoms with E-state index in [2.05, 4.69) is 4.98 Å².